The third-order valence-electron chi connectivity index (χ3n) is 3.82. The SMILES string of the molecule is CCN(CC)CCC[C@H](C)NC(=O)[C@@H](C)Sc1ccccc1. The van der Waals surface area contributed by atoms with E-state index in [2.05, 4.69) is 31.0 Å². The fourth-order valence-electron chi connectivity index (χ4n) is 2.35. The molecule has 0 spiro atoms. The molecule has 1 aromatic carbocycles. The summed E-state index contributed by atoms with van der Waals surface area (Å²) in [5, 5.41) is 3.07. The summed E-state index contributed by atoms with van der Waals surface area (Å²) in [4.78, 5) is 15.8. The van der Waals surface area contributed by atoms with E-state index in [1.807, 2.05) is 37.3 Å². The topological polar surface area (TPSA) is 32.3 Å². The largest absolute Gasteiger partial charge is 0.353 e. The number of amides is 1. The van der Waals surface area contributed by atoms with Crippen molar-refractivity contribution in [3.63, 3.8) is 0 Å². The summed E-state index contributed by atoms with van der Waals surface area (Å²) in [6.07, 6.45) is 2.16. The number of nitrogens with zero attached hydrogens (tertiary/aromatic N) is 1. The van der Waals surface area contributed by atoms with Crippen molar-refractivity contribution in [3.8, 4) is 0 Å². The van der Waals surface area contributed by atoms with Gasteiger partial charge in [0.05, 0.1) is 5.25 Å². The van der Waals surface area contributed by atoms with Crippen molar-refractivity contribution in [3.05, 3.63) is 30.3 Å². The highest BCUT2D eigenvalue weighted by Gasteiger charge is 2.16. The van der Waals surface area contributed by atoms with Crippen LogP contribution in [0.1, 0.15) is 40.5 Å². The van der Waals surface area contributed by atoms with E-state index in [4.69, 9.17) is 0 Å². The molecule has 0 saturated heterocycles. The standard InChI is InChI=1S/C18H30N2OS/c1-5-20(6-2)14-10-11-15(3)19-18(21)16(4)22-17-12-8-7-9-13-17/h7-9,12-13,15-16H,5-6,10-11,14H2,1-4H3,(H,19,21)/t15-,16+/m0/s1. The van der Waals surface area contributed by atoms with Gasteiger partial charge in [-0.1, -0.05) is 32.0 Å². The second kappa shape index (κ2) is 10.7. The number of carbonyl (C=O) groups excluding carboxylic acids is 1. The lowest BCUT2D eigenvalue weighted by Gasteiger charge is -2.20. The van der Waals surface area contributed by atoms with Crippen molar-refractivity contribution in [2.45, 2.75) is 56.7 Å². The van der Waals surface area contributed by atoms with E-state index in [1.54, 1.807) is 11.8 Å². The Hall–Kier alpha value is -1.00. The predicted octanol–water partition coefficient (Wildman–Crippen LogP) is 3.79. The lowest BCUT2D eigenvalue weighted by Crippen LogP contribution is -2.38. The predicted molar refractivity (Wildman–Crippen MR) is 96.4 cm³/mol. The first-order valence-electron chi connectivity index (χ1n) is 8.31. The van der Waals surface area contributed by atoms with Crippen molar-refractivity contribution < 1.29 is 4.79 Å². The first-order valence-corrected chi connectivity index (χ1v) is 9.19. The lowest BCUT2D eigenvalue weighted by molar-refractivity contribution is -0.120. The highest BCUT2D eigenvalue weighted by atomic mass is 32.2. The smallest absolute Gasteiger partial charge is 0.233 e. The van der Waals surface area contributed by atoms with Crippen LogP contribution < -0.4 is 5.32 Å². The second-order valence-corrected chi connectivity index (χ2v) is 7.07. The summed E-state index contributed by atoms with van der Waals surface area (Å²) < 4.78 is 0. The molecule has 3 nitrogen and oxygen atoms in total. The number of benzene rings is 1. The van der Waals surface area contributed by atoms with Crippen molar-refractivity contribution in [2.24, 2.45) is 0 Å². The summed E-state index contributed by atoms with van der Waals surface area (Å²) in [6.45, 7) is 11.8. The average molecular weight is 323 g/mol. The van der Waals surface area contributed by atoms with E-state index >= 15 is 0 Å². The van der Waals surface area contributed by atoms with E-state index in [9.17, 15) is 4.79 Å². The van der Waals surface area contributed by atoms with E-state index in [-0.39, 0.29) is 17.2 Å². The molecule has 0 radical (unpaired) electrons. The summed E-state index contributed by atoms with van der Waals surface area (Å²) in [7, 11) is 0. The highest BCUT2D eigenvalue weighted by molar-refractivity contribution is 8.00. The van der Waals surface area contributed by atoms with Crippen LogP contribution in [0.4, 0.5) is 0 Å². The third kappa shape index (κ3) is 7.32. The Balaban J connectivity index is 2.28. The Kier molecular flexibility index (Phi) is 9.25. The number of nitrogens with one attached hydrogen (secondary N) is 1. The molecule has 2 atom stereocenters. The van der Waals surface area contributed by atoms with Gasteiger partial charge >= 0.3 is 0 Å². The average Bonchev–Trinajstić information content (AvgIpc) is 2.52. The Bertz CT molecular complexity index is 420. The van der Waals surface area contributed by atoms with Gasteiger partial charge in [-0.25, -0.2) is 0 Å². The quantitative estimate of drug-likeness (QED) is 0.665. The first-order chi connectivity index (χ1) is 10.6. The molecule has 0 aliphatic carbocycles. The number of carbonyl (C=O) groups is 1. The van der Waals surface area contributed by atoms with Crippen molar-refractivity contribution in [1.82, 2.24) is 10.2 Å². The van der Waals surface area contributed by atoms with Gasteiger partial charge in [0.15, 0.2) is 0 Å². The van der Waals surface area contributed by atoms with Crippen LogP contribution in [0.5, 0.6) is 0 Å². The van der Waals surface area contributed by atoms with Crippen LogP contribution in [0.3, 0.4) is 0 Å². The Morgan fingerprint density at radius 3 is 2.41 bits per heavy atom. The van der Waals surface area contributed by atoms with Gasteiger partial charge in [0.1, 0.15) is 0 Å². The molecule has 0 saturated carbocycles. The molecule has 0 bridgehead atoms. The molecule has 0 unspecified atom stereocenters. The molecule has 124 valence electrons. The van der Waals surface area contributed by atoms with Crippen LogP contribution >= 0.6 is 11.8 Å². The monoisotopic (exact) mass is 322 g/mol. The fraction of sp³-hybridized carbons (Fsp3) is 0.611. The van der Waals surface area contributed by atoms with Gasteiger partial charge < -0.3 is 10.2 Å². The molecular formula is C18H30N2OS. The molecule has 0 aliphatic heterocycles. The van der Waals surface area contributed by atoms with Crippen LogP contribution in [0.2, 0.25) is 0 Å². The Labute approximate surface area is 139 Å². The maximum atomic E-state index is 12.2. The lowest BCUT2D eigenvalue weighted by atomic mass is 10.1. The molecule has 0 heterocycles. The van der Waals surface area contributed by atoms with Crippen LogP contribution in [0.25, 0.3) is 0 Å². The molecule has 22 heavy (non-hydrogen) atoms. The zero-order valence-corrected chi connectivity index (χ0v) is 15.2. The van der Waals surface area contributed by atoms with E-state index in [0.29, 0.717) is 0 Å². The van der Waals surface area contributed by atoms with Gasteiger partial charge in [0.2, 0.25) is 5.91 Å². The molecule has 0 aliphatic rings. The van der Waals surface area contributed by atoms with Gasteiger partial charge in [-0.3, -0.25) is 4.79 Å². The van der Waals surface area contributed by atoms with Crippen molar-refractivity contribution in [1.29, 1.82) is 0 Å². The maximum Gasteiger partial charge on any atom is 0.233 e. The minimum absolute atomic E-state index is 0.0624. The second-order valence-electron chi connectivity index (χ2n) is 5.65. The summed E-state index contributed by atoms with van der Waals surface area (Å²) in [5.74, 6) is 0.129. The molecular weight excluding hydrogens is 292 g/mol. The maximum absolute atomic E-state index is 12.2. The van der Waals surface area contributed by atoms with Crippen LogP contribution in [-0.4, -0.2) is 41.7 Å². The van der Waals surface area contributed by atoms with Gasteiger partial charge in [0.25, 0.3) is 0 Å². The van der Waals surface area contributed by atoms with Gasteiger partial charge in [0, 0.05) is 10.9 Å². The molecule has 0 fully saturated rings. The number of hydrogen-bond acceptors (Lipinski definition) is 3. The molecule has 1 rings (SSSR count). The van der Waals surface area contributed by atoms with Crippen molar-refractivity contribution >= 4 is 17.7 Å². The molecule has 1 aromatic rings. The first kappa shape index (κ1) is 19.0. The van der Waals surface area contributed by atoms with Gasteiger partial charge in [-0.05, 0) is 58.5 Å². The number of hydrogen-bond donors (Lipinski definition) is 1. The summed E-state index contributed by atoms with van der Waals surface area (Å²) in [6, 6.07) is 10.3. The van der Waals surface area contributed by atoms with E-state index in [1.165, 1.54) is 0 Å². The zero-order chi connectivity index (χ0) is 16.4. The molecule has 1 amide bonds. The third-order valence-corrected chi connectivity index (χ3v) is 4.93. The normalized spacial score (nSPS) is 13.9. The molecule has 4 heteroatoms. The molecule has 1 N–H and O–H groups in total. The summed E-state index contributed by atoms with van der Waals surface area (Å²) in [5.41, 5.74) is 0. The van der Waals surface area contributed by atoms with Crippen molar-refractivity contribution in [2.75, 3.05) is 19.6 Å². The fourth-order valence-corrected chi connectivity index (χ4v) is 3.25. The number of thioether (sulfide) groups is 1. The van der Waals surface area contributed by atoms with Crippen LogP contribution in [0, 0.1) is 0 Å². The van der Waals surface area contributed by atoms with Gasteiger partial charge in [-0.15, -0.1) is 11.8 Å². The van der Waals surface area contributed by atoms with Crippen LogP contribution in [-0.2, 0) is 4.79 Å². The minimum Gasteiger partial charge on any atom is -0.353 e. The van der Waals surface area contributed by atoms with E-state index in [0.717, 1.165) is 37.4 Å². The molecule has 0 aromatic heterocycles. The van der Waals surface area contributed by atoms with Crippen LogP contribution in [0.15, 0.2) is 35.2 Å². The zero-order valence-electron chi connectivity index (χ0n) is 14.3. The highest BCUT2D eigenvalue weighted by Crippen LogP contribution is 2.22. The summed E-state index contributed by atoms with van der Waals surface area (Å²) >= 11 is 1.61. The Morgan fingerprint density at radius 1 is 1.18 bits per heavy atom. The number of rotatable bonds is 10. The van der Waals surface area contributed by atoms with Gasteiger partial charge in [-0.2, -0.15) is 0 Å². The van der Waals surface area contributed by atoms with E-state index < -0.39 is 0 Å². The Morgan fingerprint density at radius 2 is 1.82 bits per heavy atom. The minimum atomic E-state index is -0.0624.